The molecule has 1 spiro atoms. The largest absolute Gasteiger partial charge is 0.493 e. The van der Waals surface area contributed by atoms with Crippen molar-refractivity contribution in [2.45, 2.75) is 18.0 Å². The number of methoxy groups -OCH3 is 2. The predicted molar refractivity (Wildman–Crippen MR) is 161 cm³/mol. The number of carbonyl (C=O) groups is 3. The Morgan fingerprint density at radius 1 is 0.860 bits per heavy atom. The van der Waals surface area contributed by atoms with Crippen molar-refractivity contribution in [1.29, 1.82) is 0 Å². The number of hydrogen-bond donors (Lipinski definition) is 0. The quantitative estimate of drug-likeness (QED) is 0.187. The zero-order chi connectivity index (χ0) is 30.0. The molecule has 4 aromatic rings. The molecule has 0 saturated carbocycles. The van der Waals surface area contributed by atoms with Crippen molar-refractivity contribution in [3.05, 3.63) is 130 Å². The van der Waals surface area contributed by atoms with Crippen LogP contribution in [-0.4, -0.2) is 43.7 Å². The van der Waals surface area contributed by atoms with Crippen LogP contribution >= 0.6 is 11.6 Å². The summed E-state index contributed by atoms with van der Waals surface area (Å²) in [6, 6.07) is 20.9. The minimum absolute atomic E-state index is 0.305. The van der Waals surface area contributed by atoms with Gasteiger partial charge in [0.15, 0.2) is 28.8 Å². The fraction of sp³-hybridized carbons (Fsp3) is 0.171. The number of fused-ring (bicyclic) bond motifs is 5. The zero-order valence-corrected chi connectivity index (χ0v) is 24.0. The van der Waals surface area contributed by atoms with Crippen LogP contribution in [0.1, 0.15) is 48.1 Å². The Morgan fingerprint density at radius 2 is 1.53 bits per heavy atom. The smallest absolute Gasteiger partial charge is 0.185 e. The van der Waals surface area contributed by atoms with E-state index in [-0.39, 0.29) is 17.3 Å². The molecule has 1 saturated heterocycles. The summed E-state index contributed by atoms with van der Waals surface area (Å²) < 4.78 is 25.5. The topological polar surface area (TPSA) is 72.9 Å². The molecule has 6 nitrogen and oxygen atoms in total. The molecule has 0 aromatic heterocycles. The Hall–Kier alpha value is -4.75. The first kappa shape index (κ1) is 27.1. The van der Waals surface area contributed by atoms with Crippen LogP contribution in [0.15, 0.2) is 91.0 Å². The summed E-state index contributed by atoms with van der Waals surface area (Å²) in [6.45, 7) is 0. The van der Waals surface area contributed by atoms with Crippen LogP contribution in [0.2, 0.25) is 5.02 Å². The lowest BCUT2D eigenvalue weighted by atomic mass is 9.64. The average molecular weight is 594 g/mol. The molecular weight excluding hydrogens is 569 g/mol. The maximum absolute atomic E-state index is 14.7. The maximum Gasteiger partial charge on any atom is 0.185 e. The van der Waals surface area contributed by atoms with Crippen molar-refractivity contribution in [2.75, 3.05) is 19.1 Å². The normalized spacial score (nSPS) is 21.0. The van der Waals surface area contributed by atoms with Crippen molar-refractivity contribution in [1.82, 2.24) is 0 Å². The van der Waals surface area contributed by atoms with Crippen molar-refractivity contribution in [2.24, 2.45) is 5.41 Å². The van der Waals surface area contributed by atoms with E-state index in [1.54, 1.807) is 84.9 Å². The summed E-state index contributed by atoms with van der Waals surface area (Å²) in [6.07, 6.45) is 3.48. The third-order valence-electron chi connectivity index (χ3n) is 8.93. The number of nitrogens with zero attached hydrogens (tertiary/aromatic N) is 1. The monoisotopic (exact) mass is 593 g/mol. The van der Waals surface area contributed by atoms with Gasteiger partial charge in [0, 0.05) is 38.9 Å². The van der Waals surface area contributed by atoms with Gasteiger partial charge >= 0.3 is 0 Å². The molecule has 7 rings (SSSR count). The third kappa shape index (κ3) is 3.74. The second kappa shape index (κ2) is 9.92. The fourth-order valence-electron chi connectivity index (χ4n) is 7.15. The molecule has 0 amide bonds. The second-order valence-electron chi connectivity index (χ2n) is 10.9. The Kier molecular flexibility index (Phi) is 6.25. The Labute approximate surface area is 252 Å². The highest BCUT2D eigenvalue weighted by Gasteiger charge is 2.71. The molecule has 3 aliphatic rings. The van der Waals surface area contributed by atoms with Crippen LogP contribution in [0.5, 0.6) is 11.5 Å². The molecular formula is C35H25ClFNO5. The predicted octanol–water partition coefficient (Wildman–Crippen LogP) is 6.81. The van der Waals surface area contributed by atoms with Gasteiger partial charge in [0.05, 0.1) is 20.3 Å². The summed E-state index contributed by atoms with van der Waals surface area (Å²) in [4.78, 5) is 46.0. The molecule has 1 fully saturated rings. The lowest BCUT2D eigenvalue weighted by molar-refractivity contribution is 0.0665. The minimum atomic E-state index is -1.70. The molecule has 8 heteroatoms. The molecule has 0 radical (unpaired) electrons. The van der Waals surface area contributed by atoms with E-state index in [0.717, 1.165) is 0 Å². The van der Waals surface area contributed by atoms with Gasteiger partial charge < -0.3 is 14.4 Å². The number of carbonyl (C=O) groups excluding carboxylic acids is 3. The number of ketones is 3. The van der Waals surface area contributed by atoms with Crippen LogP contribution < -0.4 is 14.4 Å². The van der Waals surface area contributed by atoms with Gasteiger partial charge in [-0.05, 0) is 60.2 Å². The SMILES string of the molecule is COc1ccc(C2C(C(=O)c3ccc(Cl)cc3)N3c4ccc(F)cc4C=CC3C23C(=O)c2ccccc2C3=O)cc1OC. The second-order valence-corrected chi connectivity index (χ2v) is 11.3. The lowest BCUT2D eigenvalue weighted by Crippen LogP contribution is -2.48. The summed E-state index contributed by atoms with van der Waals surface area (Å²) in [7, 11) is 3.02. The zero-order valence-electron chi connectivity index (χ0n) is 23.2. The number of benzene rings is 4. The van der Waals surface area contributed by atoms with Gasteiger partial charge in [-0.3, -0.25) is 14.4 Å². The van der Waals surface area contributed by atoms with Crippen LogP contribution in [0.4, 0.5) is 10.1 Å². The molecule has 43 heavy (non-hydrogen) atoms. The number of rotatable bonds is 5. The van der Waals surface area contributed by atoms with Crippen LogP contribution in [0, 0.1) is 11.2 Å². The average Bonchev–Trinajstić information content (AvgIpc) is 3.46. The number of halogens is 2. The van der Waals surface area contributed by atoms with Gasteiger partial charge in [0.25, 0.3) is 0 Å². The fourth-order valence-corrected chi connectivity index (χ4v) is 7.28. The highest BCUT2D eigenvalue weighted by atomic mass is 35.5. The standard InChI is InChI=1S/C35H25ClFNO5/c1-42-27-15-9-21(18-28(27)43-2)30-31(32(39)19-7-11-22(36)12-8-19)38-26-14-13-23(37)17-20(26)10-16-29(38)35(30)33(40)24-5-3-4-6-25(24)34(35)41/h3-18,29-31H,1-2H3. The maximum atomic E-state index is 14.7. The van der Waals surface area contributed by atoms with E-state index in [1.165, 1.54) is 26.4 Å². The summed E-state index contributed by atoms with van der Waals surface area (Å²) in [5, 5.41) is 0.465. The molecule has 1 aliphatic carbocycles. The van der Waals surface area contributed by atoms with Crippen molar-refractivity contribution >= 4 is 40.7 Å². The van der Waals surface area contributed by atoms with Gasteiger partial charge in [-0.2, -0.15) is 0 Å². The van der Waals surface area contributed by atoms with Crippen molar-refractivity contribution < 1.29 is 28.2 Å². The molecule has 4 aromatic carbocycles. The minimum Gasteiger partial charge on any atom is -0.493 e. The highest BCUT2D eigenvalue weighted by Crippen LogP contribution is 2.61. The lowest BCUT2D eigenvalue weighted by Gasteiger charge is -2.37. The summed E-state index contributed by atoms with van der Waals surface area (Å²) in [5.74, 6) is -1.55. The van der Waals surface area contributed by atoms with E-state index < -0.39 is 29.2 Å². The molecule has 3 atom stereocenters. The van der Waals surface area contributed by atoms with Crippen LogP contribution in [0.25, 0.3) is 6.08 Å². The first-order chi connectivity index (χ1) is 20.8. The Balaban J connectivity index is 1.55. The van der Waals surface area contributed by atoms with Crippen LogP contribution in [-0.2, 0) is 0 Å². The van der Waals surface area contributed by atoms with E-state index in [2.05, 4.69) is 0 Å². The van der Waals surface area contributed by atoms with Gasteiger partial charge in [0.2, 0.25) is 0 Å². The first-order valence-corrected chi connectivity index (χ1v) is 14.2. The number of hydrogen-bond acceptors (Lipinski definition) is 6. The van der Waals surface area contributed by atoms with E-state index in [4.69, 9.17) is 21.1 Å². The summed E-state index contributed by atoms with van der Waals surface area (Å²) >= 11 is 6.16. The van der Waals surface area contributed by atoms with E-state index >= 15 is 0 Å². The van der Waals surface area contributed by atoms with Gasteiger partial charge in [0.1, 0.15) is 17.3 Å². The number of ether oxygens (including phenoxy) is 2. The Bertz CT molecular complexity index is 1830. The molecule has 3 unspecified atom stereocenters. The van der Waals surface area contributed by atoms with E-state index in [9.17, 15) is 18.8 Å². The van der Waals surface area contributed by atoms with Crippen molar-refractivity contribution in [3.8, 4) is 11.5 Å². The van der Waals surface area contributed by atoms with Crippen LogP contribution in [0.3, 0.4) is 0 Å². The van der Waals surface area contributed by atoms with E-state index in [1.807, 2.05) is 4.90 Å². The van der Waals surface area contributed by atoms with Gasteiger partial charge in [-0.25, -0.2) is 4.39 Å². The molecule has 0 N–H and O–H groups in total. The Morgan fingerprint density at radius 3 is 2.19 bits per heavy atom. The first-order valence-electron chi connectivity index (χ1n) is 13.8. The molecule has 2 aliphatic heterocycles. The van der Waals surface area contributed by atoms with E-state index in [0.29, 0.717) is 50.0 Å². The number of Topliss-reactive ketones (excluding diaryl/α,β-unsaturated/α-hetero) is 3. The molecule has 2 heterocycles. The third-order valence-corrected chi connectivity index (χ3v) is 9.18. The van der Waals surface area contributed by atoms with Gasteiger partial charge in [-0.15, -0.1) is 0 Å². The van der Waals surface area contributed by atoms with Gasteiger partial charge in [-0.1, -0.05) is 54.1 Å². The molecule has 0 bridgehead atoms. The van der Waals surface area contributed by atoms with Crippen molar-refractivity contribution in [3.63, 3.8) is 0 Å². The highest BCUT2D eigenvalue weighted by molar-refractivity contribution is 6.32. The summed E-state index contributed by atoms with van der Waals surface area (Å²) in [5.41, 5.74) is 0.962. The number of anilines is 1. The molecule has 214 valence electrons.